The summed E-state index contributed by atoms with van der Waals surface area (Å²) in [6, 6.07) is 13.0. The number of benzene rings is 2. The highest BCUT2D eigenvalue weighted by Crippen LogP contribution is 2.32. The molecule has 0 saturated carbocycles. The van der Waals surface area contributed by atoms with E-state index >= 15 is 0 Å². The minimum absolute atomic E-state index is 0.0235. The number of methoxy groups -OCH3 is 1. The minimum atomic E-state index is -3.33. The molecule has 6 nitrogen and oxygen atoms in total. The van der Waals surface area contributed by atoms with E-state index in [-0.39, 0.29) is 16.7 Å². The van der Waals surface area contributed by atoms with Gasteiger partial charge in [-0.05, 0) is 36.2 Å². The number of aryl methyl sites for hydroxylation is 1. The summed E-state index contributed by atoms with van der Waals surface area (Å²) in [7, 11) is -1.81. The summed E-state index contributed by atoms with van der Waals surface area (Å²) in [6.07, 6.45) is 2.57. The molecule has 0 saturated heterocycles. The number of aromatic nitrogens is 1. The number of nitrogens with one attached hydrogen (secondary N) is 1. The maximum Gasteiger partial charge on any atom is 0.299 e. The van der Waals surface area contributed by atoms with Crippen LogP contribution in [0.4, 0.5) is 11.7 Å². The normalized spacial score (nSPS) is 11.4. The Morgan fingerprint density at radius 2 is 1.96 bits per heavy atom. The van der Waals surface area contributed by atoms with E-state index in [0.29, 0.717) is 17.2 Å². The molecule has 1 heterocycles. The molecular weight excluding hydrogens is 364 g/mol. The first-order valence-electron chi connectivity index (χ1n) is 8.69. The van der Waals surface area contributed by atoms with Gasteiger partial charge in [0.25, 0.3) is 6.01 Å². The topological polar surface area (TPSA) is 81.4 Å². The highest BCUT2D eigenvalue weighted by molar-refractivity contribution is 7.91. The van der Waals surface area contributed by atoms with E-state index in [0.717, 1.165) is 12.0 Å². The predicted octanol–water partition coefficient (Wildman–Crippen LogP) is 4.45. The first-order valence-corrected chi connectivity index (χ1v) is 10.3. The van der Waals surface area contributed by atoms with Crippen molar-refractivity contribution in [3.05, 3.63) is 54.2 Å². The fraction of sp³-hybridized carbons (Fsp3) is 0.250. The molecule has 0 aliphatic rings. The fourth-order valence-corrected chi connectivity index (χ4v) is 3.58. The van der Waals surface area contributed by atoms with Crippen LogP contribution in [0.2, 0.25) is 0 Å². The molecule has 2 aromatic carbocycles. The third-order valence-corrected chi connectivity index (χ3v) is 6.01. The van der Waals surface area contributed by atoms with Crippen molar-refractivity contribution in [2.24, 2.45) is 0 Å². The first kappa shape index (κ1) is 19.0. The second-order valence-corrected chi connectivity index (χ2v) is 8.25. The Morgan fingerprint density at radius 1 is 1.15 bits per heavy atom. The Labute approximate surface area is 159 Å². The molecule has 0 spiro atoms. The van der Waals surface area contributed by atoms with Gasteiger partial charge in [-0.1, -0.05) is 32.0 Å². The van der Waals surface area contributed by atoms with Gasteiger partial charge < -0.3 is 14.5 Å². The fourth-order valence-electron chi connectivity index (χ4n) is 2.67. The highest BCUT2D eigenvalue weighted by Gasteiger charge is 2.16. The monoisotopic (exact) mass is 386 g/mol. The molecule has 0 aliphatic carbocycles. The molecule has 1 N–H and O–H groups in total. The SMILES string of the molecule is CCc1cccc(-c2cnc(Nc3cc(S(=O)(=O)CC)ccc3OC)o2)c1. The standard InChI is InChI=1S/C20H22N2O4S/c1-4-14-7-6-8-15(11-14)19-13-21-20(26-19)22-17-12-16(27(23,24)5-2)9-10-18(17)25-3/h6-13H,4-5H2,1-3H3,(H,21,22). The summed E-state index contributed by atoms with van der Waals surface area (Å²) < 4.78 is 35.4. The molecule has 0 radical (unpaired) electrons. The van der Waals surface area contributed by atoms with E-state index in [1.54, 1.807) is 19.2 Å². The molecule has 3 aromatic rings. The molecule has 27 heavy (non-hydrogen) atoms. The Kier molecular flexibility index (Phi) is 5.51. The average Bonchev–Trinajstić information content (AvgIpc) is 3.16. The molecular formula is C20H22N2O4S. The number of hydrogen-bond acceptors (Lipinski definition) is 6. The molecule has 0 amide bonds. The van der Waals surface area contributed by atoms with Crippen molar-refractivity contribution in [3.63, 3.8) is 0 Å². The van der Waals surface area contributed by atoms with Crippen LogP contribution in [0.15, 0.2) is 58.0 Å². The van der Waals surface area contributed by atoms with Crippen LogP contribution in [0.25, 0.3) is 11.3 Å². The quantitative estimate of drug-likeness (QED) is 0.646. The van der Waals surface area contributed by atoms with Crippen molar-refractivity contribution in [2.75, 3.05) is 18.2 Å². The molecule has 0 bridgehead atoms. The van der Waals surface area contributed by atoms with Gasteiger partial charge in [0.15, 0.2) is 15.6 Å². The number of sulfone groups is 1. The van der Waals surface area contributed by atoms with Crippen LogP contribution in [-0.4, -0.2) is 26.3 Å². The van der Waals surface area contributed by atoms with E-state index in [4.69, 9.17) is 9.15 Å². The molecule has 0 atom stereocenters. The van der Waals surface area contributed by atoms with Gasteiger partial charge in [0.05, 0.1) is 29.6 Å². The van der Waals surface area contributed by atoms with Crippen molar-refractivity contribution in [2.45, 2.75) is 25.2 Å². The van der Waals surface area contributed by atoms with E-state index in [9.17, 15) is 8.42 Å². The zero-order valence-electron chi connectivity index (χ0n) is 15.5. The number of anilines is 2. The van der Waals surface area contributed by atoms with Crippen molar-refractivity contribution >= 4 is 21.5 Å². The lowest BCUT2D eigenvalue weighted by atomic mass is 10.1. The summed E-state index contributed by atoms with van der Waals surface area (Å²) >= 11 is 0. The summed E-state index contributed by atoms with van der Waals surface area (Å²) in [5, 5.41) is 3.01. The summed E-state index contributed by atoms with van der Waals surface area (Å²) in [6.45, 7) is 3.70. The zero-order chi connectivity index (χ0) is 19.4. The number of nitrogens with zero attached hydrogens (tertiary/aromatic N) is 1. The number of rotatable bonds is 7. The smallest absolute Gasteiger partial charge is 0.299 e. The van der Waals surface area contributed by atoms with Crippen molar-refractivity contribution in [1.29, 1.82) is 0 Å². The molecule has 1 aromatic heterocycles. The lowest BCUT2D eigenvalue weighted by Crippen LogP contribution is -2.05. The van der Waals surface area contributed by atoms with E-state index < -0.39 is 9.84 Å². The van der Waals surface area contributed by atoms with Gasteiger partial charge in [0, 0.05) is 5.56 Å². The Bertz CT molecular complexity index is 1040. The van der Waals surface area contributed by atoms with Crippen LogP contribution in [-0.2, 0) is 16.3 Å². The number of oxazole rings is 1. The van der Waals surface area contributed by atoms with E-state index in [2.05, 4.69) is 29.4 Å². The third kappa shape index (κ3) is 4.14. The van der Waals surface area contributed by atoms with Crippen molar-refractivity contribution < 1.29 is 17.6 Å². The second-order valence-electron chi connectivity index (χ2n) is 5.97. The summed E-state index contributed by atoms with van der Waals surface area (Å²) in [5.41, 5.74) is 2.62. The lowest BCUT2D eigenvalue weighted by Gasteiger charge is -2.11. The maximum atomic E-state index is 12.1. The van der Waals surface area contributed by atoms with Crippen molar-refractivity contribution in [3.8, 4) is 17.1 Å². The van der Waals surface area contributed by atoms with Gasteiger partial charge in [-0.2, -0.15) is 0 Å². The van der Waals surface area contributed by atoms with Crippen molar-refractivity contribution in [1.82, 2.24) is 4.98 Å². The number of hydrogen-bond donors (Lipinski definition) is 1. The first-order chi connectivity index (χ1) is 13.0. The van der Waals surface area contributed by atoms with Crippen LogP contribution in [0.3, 0.4) is 0 Å². The zero-order valence-corrected chi connectivity index (χ0v) is 16.3. The van der Waals surface area contributed by atoms with Gasteiger partial charge >= 0.3 is 0 Å². The van der Waals surface area contributed by atoms with Crippen LogP contribution in [0, 0.1) is 0 Å². The van der Waals surface area contributed by atoms with Gasteiger partial charge in [0.2, 0.25) is 0 Å². The van der Waals surface area contributed by atoms with Gasteiger partial charge in [-0.3, -0.25) is 0 Å². The molecule has 0 aliphatic heterocycles. The molecule has 0 fully saturated rings. The molecule has 142 valence electrons. The third-order valence-electron chi connectivity index (χ3n) is 4.28. The summed E-state index contributed by atoms with van der Waals surface area (Å²) in [4.78, 5) is 4.47. The van der Waals surface area contributed by atoms with Crippen LogP contribution < -0.4 is 10.1 Å². The van der Waals surface area contributed by atoms with Crippen LogP contribution in [0.5, 0.6) is 5.75 Å². The van der Waals surface area contributed by atoms with E-state index in [1.807, 2.05) is 12.1 Å². The van der Waals surface area contributed by atoms with Crippen LogP contribution in [0.1, 0.15) is 19.4 Å². The highest BCUT2D eigenvalue weighted by atomic mass is 32.2. The van der Waals surface area contributed by atoms with Gasteiger partial charge in [0.1, 0.15) is 5.75 Å². The Morgan fingerprint density at radius 3 is 2.67 bits per heavy atom. The average molecular weight is 386 g/mol. The molecule has 3 rings (SSSR count). The Balaban J connectivity index is 1.91. The molecule has 0 unspecified atom stereocenters. The summed E-state index contributed by atoms with van der Waals surface area (Å²) in [5.74, 6) is 1.15. The predicted molar refractivity (Wildman–Crippen MR) is 105 cm³/mol. The van der Waals surface area contributed by atoms with E-state index in [1.165, 1.54) is 24.8 Å². The maximum absolute atomic E-state index is 12.1. The number of ether oxygens (including phenoxy) is 1. The Hall–Kier alpha value is -2.80. The minimum Gasteiger partial charge on any atom is -0.495 e. The van der Waals surface area contributed by atoms with Crippen LogP contribution >= 0.6 is 0 Å². The van der Waals surface area contributed by atoms with Gasteiger partial charge in [-0.25, -0.2) is 13.4 Å². The lowest BCUT2D eigenvalue weighted by molar-refractivity contribution is 0.416. The second kappa shape index (κ2) is 7.84. The molecule has 7 heteroatoms. The van der Waals surface area contributed by atoms with Gasteiger partial charge in [-0.15, -0.1) is 0 Å². The largest absolute Gasteiger partial charge is 0.495 e.